The molecule has 9 heteroatoms. The van der Waals surface area contributed by atoms with Gasteiger partial charge in [-0.05, 0) is 19.0 Å². The van der Waals surface area contributed by atoms with E-state index >= 15 is 0 Å². The fourth-order valence-electron chi connectivity index (χ4n) is 2.44. The van der Waals surface area contributed by atoms with Crippen LogP contribution in [0, 0.1) is 16.0 Å². The zero-order chi connectivity index (χ0) is 16.0. The summed E-state index contributed by atoms with van der Waals surface area (Å²) in [4.78, 5) is 22.8. The number of hydrazone groups is 1. The second kappa shape index (κ2) is 7.70. The third kappa shape index (κ3) is 4.50. The minimum Gasteiger partial charge on any atom is -0.458 e. The van der Waals surface area contributed by atoms with Crippen LogP contribution in [0.15, 0.2) is 17.9 Å². The fourth-order valence-corrected chi connectivity index (χ4v) is 2.44. The third-order valence-electron chi connectivity index (χ3n) is 3.44. The first-order valence-corrected chi connectivity index (χ1v) is 6.45. The van der Waals surface area contributed by atoms with Crippen LogP contribution in [0.5, 0.6) is 0 Å². The molecule has 21 heavy (non-hydrogen) atoms. The molecule has 1 aliphatic carbocycles. The maximum absolute atomic E-state index is 11.2. The highest BCUT2D eigenvalue weighted by Gasteiger charge is 2.42. The lowest BCUT2D eigenvalue weighted by Gasteiger charge is -2.42. The van der Waals surface area contributed by atoms with Crippen molar-refractivity contribution in [3.05, 3.63) is 22.9 Å². The molecule has 118 valence electrons. The lowest BCUT2D eigenvalue weighted by atomic mass is 9.81. The fraction of sp³-hybridized carbons (Fsp3) is 0.667. The van der Waals surface area contributed by atoms with Gasteiger partial charge in [-0.1, -0.05) is 6.58 Å². The molecular formula is C12H19N3O6. The van der Waals surface area contributed by atoms with Crippen molar-refractivity contribution in [3.8, 4) is 0 Å². The molecule has 0 radical (unpaired) electrons. The van der Waals surface area contributed by atoms with E-state index in [1.54, 1.807) is 0 Å². The van der Waals surface area contributed by atoms with E-state index in [4.69, 9.17) is 4.74 Å². The first-order valence-electron chi connectivity index (χ1n) is 6.45. The Bertz CT molecular complexity index is 427. The van der Waals surface area contributed by atoms with Crippen molar-refractivity contribution >= 4 is 12.3 Å². The second-order valence-electron chi connectivity index (χ2n) is 4.75. The Hall–Kier alpha value is -2.00. The highest BCUT2D eigenvalue weighted by Crippen LogP contribution is 2.30. The smallest absolute Gasteiger partial charge is 0.303 e. The Morgan fingerprint density at radius 2 is 2.29 bits per heavy atom. The van der Waals surface area contributed by atoms with Gasteiger partial charge >= 0.3 is 5.97 Å². The van der Waals surface area contributed by atoms with Crippen LogP contribution >= 0.6 is 0 Å². The lowest BCUT2D eigenvalue weighted by Crippen LogP contribution is -2.55. The molecule has 0 spiro atoms. The zero-order valence-electron chi connectivity index (χ0n) is 11.7. The Morgan fingerprint density at radius 3 is 2.76 bits per heavy atom. The van der Waals surface area contributed by atoms with Crippen LogP contribution < -0.4 is 0 Å². The molecule has 1 aliphatic rings. The molecule has 9 nitrogen and oxygen atoms in total. The SMILES string of the molecule is C=CN(/C=N\[N+](=O)[O-])C1CCC(CO)C(O)C1OC(C)=O. The van der Waals surface area contributed by atoms with Crippen molar-refractivity contribution in [1.82, 2.24) is 4.90 Å². The molecule has 1 rings (SSSR count). The van der Waals surface area contributed by atoms with Gasteiger partial charge in [-0.3, -0.25) is 4.79 Å². The zero-order valence-corrected chi connectivity index (χ0v) is 11.7. The number of ether oxygens (including phenoxy) is 1. The van der Waals surface area contributed by atoms with E-state index in [9.17, 15) is 25.1 Å². The van der Waals surface area contributed by atoms with Crippen molar-refractivity contribution in [2.45, 2.75) is 38.0 Å². The van der Waals surface area contributed by atoms with Gasteiger partial charge in [0.05, 0.1) is 17.2 Å². The monoisotopic (exact) mass is 301 g/mol. The van der Waals surface area contributed by atoms with Gasteiger partial charge < -0.3 is 19.8 Å². The lowest BCUT2D eigenvalue weighted by molar-refractivity contribution is -0.484. The quantitative estimate of drug-likeness (QED) is 0.227. The molecule has 0 aliphatic heterocycles. The number of carbonyl (C=O) groups is 1. The topological polar surface area (TPSA) is 126 Å². The number of hydrogen-bond donors (Lipinski definition) is 2. The molecule has 0 bridgehead atoms. The summed E-state index contributed by atoms with van der Waals surface area (Å²) >= 11 is 0. The number of nitro groups is 1. The summed E-state index contributed by atoms with van der Waals surface area (Å²) < 4.78 is 5.12. The van der Waals surface area contributed by atoms with E-state index in [2.05, 4.69) is 11.7 Å². The Morgan fingerprint density at radius 1 is 1.62 bits per heavy atom. The van der Waals surface area contributed by atoms with Crippen LogP contribution in [0.25, 0.3) is 0 Å². The number of esters is 1. The number of aliphatic hydroxyl groups is 2. The van der Waals surface area contributed by atoms with E-state index in [0.29, 0.717) is 12.8 Å². The number of nitrogens with zero attached hydrogens (tertiary/aromatic N) is 3. The van der Waals surface area contributed by atoms with Gasteiger partial charge in [0.1, 0.15) is 6.10 Å². The highest BCUT2D eigenvalue weighted by atomic mass is 16.7. The summed E-state index contributed by atoms with van der Waals surface area (Å²) in [5.41, 5.74) is 0. The maximum Gasteiger partial charge on any atom is 0.303 e. The van der Waals surface area contributed by atoms with Crippen LogP contribution in [0.4, 0.5) is 0 Å². The van der Waals surface area contributed by atoms with Gasteiger partial charge in [0.15, 0.2) is 11.4 Å². The van der Waals surface area contributed by atoms with Crippen molar-refractivity contribution in [1.29, 1.82) is 0 Å². The summed E-state index contributed by atoms with van der Waals surface area (Å²) in [5, 5.41) is 31.9. The van der Waals surface area contributed by atoms with Crippen LogP contribution in [0.3, 0.4) is 0 Å². The van der Waals surface area contributed by atoms with E-state index in [0.717, 1.165) is 6.34 Å². The largest absolute Gasteiger partial charge is 0.458 e. The molecule has 0 heterocycles. The van der Waals surface area contributed by atoms with E-state index in [1.807, 2.05) is 0 Å². The normalized spacial score (nSPS) is 29.1. The second-order valence-corrected chi connectivity index (χ2v) is 4.75. The van der Waals surface area contributed by atoms with Crippen molar-refractivity contribution < 1.29 is 24.8 Å². The molecule has 0 aromatic rings. The van der Waals surface area contributed by atoms with E-state index < -0.39 is 35.2 Å². The summed E-state index contributed by atoms with van der Waals surface area (Å²) in [6.07, 6.45) is 1.21. The van der Waals surface area contributed by atoms with Crippen LogP contribution in [-0.2, 0) is 9.53 Å². The van der Waals surface area contributed by atoms with E-state index in [1.165, 1.54) is 18.0 Å². The van der Waals surface area contributed by atoms with Gasteiger partial charge in [-0.2, -0.15) is 0 Å². The number of aliphatic hydroxyl groups excluding tert-OH is 2. The maximum atomic E-state index is 11.2. The standard InChI is InChI=1S/C12H19N3O6/c1-3-14(7-13-15(19)20)10-5-4-9(6-16)11(18)12(10)21-8(2)17/h3,7,9-12,16,18H,1,4-6H2,2H3/b13-7-. The van der Waals surface area contributed by atoms with E-state index in [-0.39, 0.29) is 6.61 Å². The molecule has 1 saturated carbocycles. The van der Waals surface area contributed by atoms with Crippen LogP contribution in [-0.4, -0.2) is 57.3 Å². The van der Waals surface area contributed by atoms with Crippen LogP contribution in [0.1, 0.15) is 19.8 Å². The predicted octanol–water partition coefficient (Wildman–Crippen LogP) is -0.285. The molecule has 0 aromatic heterocycles. The number of rotatable bonds is 6. The number of carbonyl (C=O) groups excluding carboxylic acids is 1. The summed E-state index contributed by atoms with van der Waals surface area (Å²) in [6.45, 7) is 4.50. The Labute approximate surface area is 121 Å². The van der Waals surface area contributed by atoms with Crippen LogP contribution in [0.2, 0.25) is 0 Å². The first-order chi connectivity index (χ1) is 9.90. The summed E-state index contributed by atoms with van der Waals surface area (Å²) in [6, 6.07) is -0.534. The van der Waals surface area contributed by atoms with Gasteiger partial charge in [0.2, 0.25) is 0 Å². The van der Waals surface area contributed by atoms with Gasteiger partial charge in [-0.25, -0.2) is 10.1 Å². The molecule has 0 saturated heterocycles. The molecule has 0 amide bonds. The van der Waals surface area contributed by atoms with Crippen molar-refractivity contribution in [2.75, 3.05) is 6.61 Å². The summed E-state index contributed by atoms with van der Waals surface area (Å²) in [7, 11) is 0. The average molecular weight is 301 g/mol. The van der Waals surface area contributed by atoms with Gasteiger partial charge in [0, 0.05) is 19.4 Å². The molecular weight excluding hydrogens is 282 g/mol. The predicted molar refractivity (Wildman–Crippen MR) is 72.7 cm³/mol. The number of hydrogen-bond acceptors (Lipinski definition) is 6. The third-order valence-corrected chi connectivity index (χ3v) is 3.44. The Kier molecular flexibility index (Phi) is 6.25. The molecule has 2 N–H and O–H groups in total. The van der Waals surface area contributed by atoms with Gasteiger partial charge in [-0.15, -0.1) is 0 Å². The molecule has 4 unspecified atom stereocenters. The van der Waals surface area contributed by atoms with Crippen molar-refractivity contribution in [2.24, 2.45) is 11.0 Å². The minimum atomic E-state index is -1.07. The minimum absolute atomic E-state index is 0.233. The Balaban J connectivity index is 2.97. The molecule has 0 aromatic carbocycles. The summed E-state index contributed by atoms with van der Waals surface area (Å²) in [5.74, 6) is -0.998. The molecule has 1 fully saturated rings. The first kappa shape index (κ1) is 17.1. The van der Waals surface area contributed by atoms with Gasteiger partial charge in [0.25, 0.3) is 0 Å². The molecule has 4 atom stereocenters. The average Bonchev–Trinajstić information content (AvgIpc) is 2.42. The van der Waals surface area contributed by atoms with Crippen molar-refractivity contribution in [3.63, 3.8) is 0 Å². The highest BCUT2D eigenvalue weighted by molar-refractivity contribution is 5.66.